The lowest BCUT2D eigenvalue weighted by Gasteiger charge is -2.29. The average Bonchev–Trinajstić information content (AvgIpc) is 2.97. The molecule has 0 saturated carbocycles. The molecule has 0 radical (unpaired) electrons. The van der Waals surface area contributed by atoms with Crippen LogP contribution in [0, 0.1) is 10.1 Å². The molecule has 3 amide bonds. The van der Waals surface area contributed by atoms with Crippen molar-refractivity contribution < 1.29 is 47.0 Å². The number of rotatable bonds is 19. The Kier molecular flexibility index (Phi) is 18.1. The number of para-hydroxylation sites is 1. The van der Waals surface area contributed by atoms with E-state index in [1.807, 2.05) is 0 Å². The van der Waals surface area contributed by atoms with Crippen LogP contribution in [0.2, 0.25) is 0 Å². The molecule has 0 atom stereocenters. The number of carbonyl (C=O) groups excluding carboxylic acids is 3. The van der Waals surface area contributed by atoms with Gasteiger partial charge in [0.15, 0.2) is 4.90 Å². The van der Waals surface area contributed by atoms with Gasteiger partial charge in [-0.25, -0.2) is 22.8 Å². The fourth-order valence-electron chi connectivity index (χ4n) is 4.62. The van der Waals surface area contributed by atoms with Gasteiger partial charge in [-0.1, -0.05) is 12.1 Å². The van der Waals surface area contributed by atoms with Gasteiger partial charge in [0.05, 0.1) is 4.92 Å². The van der Waals surface area contributed by atoms with Crippen LogP contribution in [0.1, 0.15) is 94.4 Å². The standard InChI is InChI=1S/C34H59N5O11S/c1-32(2,3)48-29(41)35-19-14-22-36(30(42)49-33(4,5)6)20-12-13-21-37(31(43)50-34(7,8)9)23-15-24-38(25-16-26-40)51(46,47)28-18-11-10-17-27(28)39(44)45/h10-11,17-18,40H,12-16,19-26H2,1-9H3,(H,35,41). The minimum absolute atomic E-state index is 0.0720. The van der Waals surface area contributed by atoms with Crippen molar-refractivity contribution in [1.29, 1.82) is 0 Å². The van der Waals surface area contributed by atoms with Crippen LogP contribution >= 0.6 is 0 Å². The summed E-state index contributed by atoms with van der Waals surface area (Å²) in [5, 5.41) is 23.7. The first kappa shape index (κ1) is 45.3. The Balaban J connectivity index is 2.99. The number of benzene rings is 1. The zero-order valence-electron chi connectivity index (χ0n) is 31.7. The van der Waals surface area contributed by atoms with Crippen molar-refractivity contribution in [3.63, 3.8) is 0 Å². The summed E-state index contributed by atoms with van der Waals surface area (Å²) in [5.74, 6) is 0. The van der Waals surface area contributed by atoms with Crippen LogP contribution in [0.3, 0.4) is 0 Å². The van der Waals surface area contributed by atoms with Crippen LogP contribution in [0.15, 0.2) is 29.2 Å². The largest absolute Gasteiger partial charge is 0.444 e. The first-order valence-corrected chi connectivity index (χ1v) is 18.7. The fourth-order valence-corrected chi connectivity index (χ4v) is 6.30. The monoisotopic (exact) mass is 745 g/mol. The third-order valence-corrected chi connectivity index (χ3v) is 8.71. The van der Waals surface area contributed by atoms with Crippen LogP contribution in [0.25, 0.3) is 0 Å². The molecule has 17 heteroatoms. The van der Waals surface area contributed by atoms with Crippen molar-refractivity contribution >= 4 is 34.0 Å². The third kappa shape index (κ3) is 18.4. The number of aliphatic hydroxyl groups is 1. The molecule has 0 unspecified atom stereocenters. The minimum atomic E-state index is -4.30. The van der Waals surface area contributed by atoms with Crippen LogP contribution < -0.4 is 5.32 Å². The highest BCUT2D eigenvalue weighted by Crippen LogP contribution is 2.27. The Labute approximate surface area is 303 Å². The first-order valence-electron chi connectivity index (χ1n) is 17.2. The van der Waals surface area contributed by atoms with E-state index in [1.165, 1.54) is 23.1 Å². The normalized spacial score (nSPS) is 12.3. The molecule has 0 aliphatic heterocycles. The predicted octanol–water partition coefficient (Wildman–Crippen LogP) is 5.53. The van der Waals surface area contributed by atoms with Gasteiger partial charge in [-0.15, -0.1) is 0 Å². The summed E-state index contributed by atoms with van der Waals surface area (Å²) < 4.78 is 44.6. The number of amides is 3. The maximum Gasteiger partial charge on any atom is 0.410 e. The number of carbonyl (C=O) groups is 3. The topological polar surface area (TPSA) is 198 Å². The van der Waals surface area contributed by atoms with E-state index >= 15 is 0 Å². The van der Waals surface area contributed by atoms with E-state index in [1.54, 1.807) is 67.2 Å². The summed E-state index contributed by atoms with van der Waals surface area (Å²) in [7, 11) is -4.30. The molecule has 51 heavy (non-hydrogen) atoms. The lowest BCUT2D eigenvalue weighted by Crippen LogP contribution is -2.41. The molecule has 1 aromatic carbocycles. The second kappa shape index (κ2) is 20.4. The molecule has 2 N–H and O–H groups in total. The summed E-state index contributed by atoms with van der Waals surface area (Å²) >= 11 is 0. The second-order valence-corrected chi connectivity index (χ2v) is 16.9. The van der Waals surface area contributed by atoms with Crippen molar-refractivity contribution in [1.82, 2.24) is 19.4 Å². The predicted molar refractivity (Wildman–Crippen MR) is 192 cm³/mol. The number of hydrogen-bond donors (Lipinski definition) is 2. The number of sulfonamides is 1. The smallest absolute Gasteiger partial charge is 0.410 e. The van der Waals surface area contributed by atoms with Crippen LogP contribution in [-0.4, -0.2) is 120 Å². The molecule has 0 aliphatic rings. The van der Waals surface area contributed by atoms with Crippen LogP contribution in [0.5, 0.6) is 0 Å². The number of alkyl carbamates (subject to hydrolysis) is 1. The van der Waals surface area contributed by atoms with E-state index in [4.69, 9.17) is 14.2 Å². The number of nitro groups is 1. The number of nitrogens with zero attached hydrogens (tertiary/aromatic N) is 4. The van der Waals surface area contributed by atoms with Gasteiger partial charge in [-0.2, -0.15) is 4.31 Å². The van der Waals surface area contributed by atoms with Crippen molar-refractivity contribution in [2.24, 2.45) is 0 Å². The van der Waals surface area contributed by atoms with Gasteiger partial charge in [0, 0.05) is 58.5 Å². The molecule has 16 nitrogen and oxygen atoms in total. The quantitative estimate of drug-likeness (QED) is 0.0782. The Morgan fingerprint density at radius 1 is 0.725 bits per heavy atom. The van der Waals surface area contributed by atoms with E-state index in [-0.39, 0.29) is 52.2 Å². The number of aliphatic hydroxyl groups excluding tert-OH is 1. The van der Waals surface area contributed by atoms with E-state index < -0.39 is 60.6 Å². The number of nitro benzene ring substituents is 1. The highest BCUT2D eigenvalue weighted by Gasteiger charge is 2.31. The van der Waals surface area contributed by atoms with E-state index in [0.717, 1.165) is 10.4 Å². The van der Waals surface area contributed by atoms with Gasteiger partial charge in [-0.3, -0.25) is 10.1 Å². The zero-order valence-corrected chi connectivity index (χ0v) is 32.5. The maximum atomic E-state index is 13.5. The van der Waals surface area contributed by atoms with Crippen LogP contribution in [0.4, 0.5) is 20.1 Å². The van der Waals surface area contributed by atoms with Crippen LogP contribution in [-0.2, 0) is 24.2 Å². The van der Waals surface area contributed by atoms with E-state index in [9.17, 15) is 38.0 Å². The molecule has 0 spiro atoms. The summed E-state index contributed by atoms with van der Waals surface area (Å²) in [6.45, 7) is 16.6. The molecule has 1 aromatic rings. The van der Waals surface area contributed by atoms with Gasteiger partial charge in [0.1, 0.15) is 16.8 Å². The molecule has 0 aliphatic carbocycles. The maximum absolute atomic E-state index is 13.5. The van der Waals surface area contributed by atoms with Gasteiger partial charge in [0.2, 0.25) is 10.0 Å². The van der Waals surface area contributed by atoms with Gasteiger partial charge >= 0.3 is 18.3 Å². The Morgan fingerprint density at radius 2 is 1.18 bits per heavy atom. The average molecular weight is 746 g/mol. The molecule has 0 aromatic heterocycles. The second-order valence-electron chi connectivity index (χ2n) is 15.0. The third-order valence-electron chi connectivity index (χ3n) is 6.76. The number of nitrogens with one attached hydrogen (secondary N) is 1. The fraction of sp³-hybridized carbons (Fsp3) is 0.735. The Bertz CT molecular complexity index is 1390. The van der Waals surface area contributed by atoms with Gasteiger partial charge < -0.3 is 34.4 Å². The van der Waals surface area contributed by atoms with Crippen molar-refractivity contribution in [3.8, 4) is 0 Å². The van der Waals surface area contributed by atoms with E-state index in [0.29, 0.717) is 32.4 Å². The molecule has 292 valence electrons. The summed E-state index contributed by atoms with van der Waals surface area (Å²) in [5.41, 5.74) is -2.70. The molecular formula is C34H59N5O11S. The highest BCUT2D eigenvalue weighted by molar-refractivity contribution is 7.89. The minimum Gasteiger partial charge on any atom is -0.444 e. The van der Waals surface area contributed by atoms with Gasteiger partial charge in [0.25, 0.3) is 5.69 Å². The summed E-state index contributed by atoms with van der Waals surface area (Å²) in [6.07, 6.45) is 0.0491. The molecule has 0 bridgehead atoms. The van der Waals surface area contributed by atoms with Crippen molar-refractivity contribution in [2.45, 2.75) is 116 Å². The lowest BCUT2D eigenvalue weighted by atomic mass is 10.2. The number of ether oxygens (including phenoxy) is 3. The first-order chi connectivity index (χ1) is 23.5. The number of unbranched alkanes of at least 4 members (excludes halogenated alkanes) is 1. The molecule has 0 heterocycles. The van der Waals surface area contributed by atoms with Crippen molar-refractivity contribution in [2.75, 3.05) is 52.4 Å². The van der Waals surface area contributed by atoms with E-state index in [2.05, 4.69) is 5.32 Å². The highest BCUT2D eigenvalue weighted by atomic mass is 32.2. The summed E-state index contributed by atoms with van der Waals surface area (Å²) in [4.78, 5) is 51.6. The number of hydrogen-bond acceptors (Lipinski definition) is 11. The lowest BCUT2D eigenvalue weighted by molar-refractivity contribution is -0.387. The molecular weight excluding hydrogens is 686 g/mol. The van der Waals surface area contributed by atoms with Gasteiger partial charge in [-0.05, 0) is 100 Å². The summed E-state index contributed by atoms with van der Waals surface area (Å²) in [6, 6.07) is 5.07. The van der Waals surface area contributed by atoms with Crippen molar-refractivity contribution in [3.05, 3.63) is 34.4 Å². The molecule has 0 fully saturated rings. The molecule has 0 saturated heterocycles. The SMILES string of the molecule is CC(C)(C)OC(=O)NCCCN(CCCCN(CCCN(CCCO)S(=O)(=O)c1ccccc1[N+](=O)[O-])C(=O)OC(C)(C)C)C(=O)OC(C)(C)C. The Morgan fingerprint density at radius 3 is 1.65 bits per heavy atom. The zero-order chi connectivity index (χ0) is 39.0. The Hall–Kier alpha value is -3.70. The molecule has 1 rings (SSSR count).